The first-order chi connectivity index (χ1) is 15.3. The number of aliphatic carboxylic acids is 1. The zero-order valence-electron chi connectivity index (χ0n) is 20.9. The van der Waals surface area contributed by atoms with E-state index in [9.17, 15) is 27.6 Å². The molecule has 0 bridgehead atoms. The molecule has 0 unspecified atom stereocenters. The Hall–Kier alpha value is -2.37. The number of rotatable bonds is 7. The van der Waals surface area contributed by atoms with E-state index >= 15 is 0 Å². The second-order valence-electron chi connectivity index (χ2n) is 9.97. The molecular formula is C22H38F3N3O6. The summed E-state index contributed by atoms with van der Waals surface area (Å²) in [5.41, 5.74) is 3.64. The lowest BCUT2D eigenvalue weighted by Gasteiger charge is -2.38. The molecule has 12 heteroatoms. The van der Waals surface area contributed by atoms with Crippen LogP contribution >= 0.6 is 0 Å². The molecule has 0 aromatic heterocycles. The smallest absolute Gasteiger partial charge is 0.475 e. The number of carboxylic acids is 1. The SMILES string of the molecule is CC(C)CCNC(=O)[C@]1(C(=O)OC(C)(C)C)CCCN1C(=O)[C@@H](N)C(C)C.O=C(O)C(F)(F)F. The van der Waals surface area contributed by atoms with E-state index < -0.39 is 41.2 Å². The van der Waals surface area contributed by atoms with Gasteiger partial charge in [0.15, 0.2) is 0 Å². The van der Waals surface area contributed by atoms with Crippen LogP contribution in [0.2, 0.25) is 0 Å². The van der Waals surface area contributed by atoms with Crippen molar-refractivity contribution in [1.29, 1.82) is 0 Å². The van der Waals surface area contributed by atoms with Gasteiger partial charge in [-0.3, -0.25) is 9.59 Å². The van der Waals surface area contributed by atoms with Crippen molar-refractivity contribution in [2.75, 3.05) is 13.1 Å². The number of nitrogens with two attached hydrogens (primary N) is 1. The van der Waals surface area contributed by atoms with Crippen molar-refractivity contribution >= 4 is 23.8 Å². The number of carboxylic acid groups (broad SMARTS) is 1. The van der Waals surface area contributed by atoms with Gasteiger partial charge in [-0.05, 0) is 51.9 Å². The summed E-state index contributed by atoms with van der Waals surface area (Å²) in [6.07, 6.45) is -3.50. The molecule has 1 aliphatic rings. The van der Waals surface area contributed by atoms with Crippen molar-refractivity contribution in [3.05, 3.63) is 0 Å². The molecule has 0 aliphatic carbocycles. The number of esters is 1. The number of ether oxygens (including phenoxy) is 1. The van der Waals surface area contributed by atoms with Gasteiger partial charge in [0.2, 0.25) is 11.4 Å². The maximum Gasteiger partial charge on any atom is 0.490 e. The molecule has 0 radical (unpaired) electrons. The average molecular weight is 498 g/mol. The Kier molecular flexibility index (Phi) is 11.5. The van der Waals surface area contributed by atoms with Crippen LogP contribution < -0.4 is 11.1 Å². The number of hydrogen-bond donors (Lipinski definition) is 3. The van der Waals surface area contributed by atoms with Gasteiger partial charge in [-0.15, -0.1) is 0 Å². The fraction of sp³-hybridized carbons (Fsp3) is 0.818. The normalized spacial score (nSPS) is 19.4. The molecule has 1 fully saturated rings. The summed E-state index contributed by atoms with van der Waals surface area (Å²) in [6.45, 7) is 13.8. The molecule has 2 amide bonds. The van der Waals surface area contributed by atoms with Crippen molar-refractivity contribution in [2.45, 2.75) is 91.1 Å². The first kappa shape index (κ1) is 31.6. The molecule has 198 valence electrons. The first-order valence-electron chi connectivity index (χ1n) is 11.2. The Bertz CT molecular complexity index is 734. The summed E-state index contributed by atoms with van der Waals surface area (Å²) in [5, 5.41) is 9.97. The van der Waals surface area contributed by atoms with Crippen LogP contribution in [-0.4, -0.2) is 70.2 Å². The molecular weight excluding hydrogens is 459 g/mol. The van der Waals surface area contributed by atoms with Crippen LogP contribution in [0.5, 0.6) is 0 Å². The van der Waals surface area contributed by atoms with Crippen molar-refractivity contribution < 1.29 is 42.2 Å². The second-order valence-corrected chi connectivity index (χ2v) is 9.97. The third kappa shape index (κ3) is 9.11. The van der Waals surface area contributed by atoms with Crippen molar-refractivity contribution in [2.24, 2.45) is 17.6 Å². The Labute approximate surface area is 198 Å². The van der Waals surface area contributed by atoms with E-state index in [-0.39, 0.29) is 18.2 Å². The highest BCUT2D eigenvalue weighted by atomic mass is 19.4. The minimum atomic E-state index is -5.08. The lowest BCUT2D eigenvalue weighted by Crippen LogP contribution is -2.66. The highest BCUT2D eigenvalue weighted by molar-refractivity contribution is 6.11. The standard InChI is InChI=1S/C20H37N3O4.C2HF3O2/c1-13(2)9-11-22-17(25)20(18(26)27-19(5,6)7)10-8-12-23(20)16(24)15(21)14(3)4;3-2(4,5)1(6)7/h13-15H,8-12,21H2,1-7H3,(H,22,25);(H,6,7)/t15-,20-;/m0./s1. The van der Waals surface area contributed by atoms with Crippen LogP contribution in [0.3, 0.4) is 0 Å². The molecule has 1 aliphatic heterocycles. The number of carbonyl (C=O) groups is 4. The van der Waals surface area contributed by atoms with Gasteiger partial charge < -0.3 is 25.8 Å². The fourth-order valence-electron chi connectivity index (χ4n) is 3.11. The Morgan fingerprint density at radius 3 is 2.00 bits per heavy atom. The number of likely N-dealkylation sites (tertiary alicyclic amines) is 1. The number of nitrogens with zero attached hydrogens (tertiary/aromatic N) is 1. The third-order valence-electron chi connectivity index (χ3n) is 5.01. The summed E-state index contributed by atoms with van der Waals surface area (Å²) in [7, 11) is 0. The molecule has 1 rings (SSSR count). The van der Waals surface area contributed by atoms with E-state index in [0.717, 1.165) is 6.42 Å². The van der Waals surface area contributed by atoms with Crippen LogP contribution in [-0.2, 0) is 23.9 Å². The number of alkyl halides is 3. The van der Waals surface area contributed by atoms with Gasteiger partial charge in [0.25, 0.3) is 5.91 Å². The molecule has 0 saturated carbocycles. The van der Waals surface area contributed by atoms with Gasteiger partial charge in [-0.2, -0.15) is 13.2 Å². The molecule has 0 aromatic rings. The van der Waals surface area contributed by atoms with E-state index in [1.165, 1.54) is 4.90 Å². The predicted octanol–water partition coefficient (Wildman–Crippen LogP) is 2.47. The van der Waals surface area contributed by atoms with Gasteiger partial charge in [0, 0.05) is 13.1 Å². The number of halogens is 3. The third-order valence-corrected chi connectivity index (χ3v) is 5.01. The van der Waals surface area contributed by atoms with Crippen LogP contribution in [0, 0.1) is 11.8 Å². The Balaban J connectivity index is 0.00000135. The van der Waals surface area contributed by atoms with E-state index in [4.69, 9.17) is 20.4 Å². The van der Waals surface area contributed by atoms with Gasteiger partial charge in [0.1, 0.15) is 5.60 Å². The number of nitrogens with one attached hydrogen (secondary N) is 1. The highest BCUT2D eigenvalue weighted by Crippen LogP contribution is 2.33. The van der Waals surface area contributed by atoms with Crippen LogP contribution in [0.25, 0.3) is 0 Å². The highest BCUT2D eigenvalue weighted by Gasteiger charge is 2.58. The summed E-state index contributed by atoms with van der Waals surface area (Å²) in [5.74, 6) is -3.98. The summed E-state index contributed by atoms with van der Waals surface area (Å²) >= 11 is 0. The van der Waals surface area contributed by atoms with Gasteiger partial charge in [-0.1, -0.05) is 27.7 Å². The Morgan fingerprint density at radius 2 is 1.62 bits per heavy atom. The Morgan fingerprint density at radius 1 is 1.12 bits per heavy atom. The molecule has 4 N–H and O–H groups in total. The maximum atomic E-state index is 13.1. The minimum Gasteiger partial charge on any atom is -0.475 e. The zero-order chi connectivity index (χ0) is 27.1. The number of carbonyl (C=O) groups excluding carboxylic acids is 3. The lowest BCUT2D eigenvalue weighted by molar-refractivity contribution is -0.192. The molecule has 2 atom stereocenters. The summed E-state index contributed by atoms with van der Waals surface area (Å²) in [6, 6.07) is -0.770. The monoisotopic (exact) mass is 497 g/mol. The minimum absolute atomic E-state index is 0.0987. The van der Waals surface area contributed by atoms with Gasteiger partial charge in [-0.25, -0.2) is 9.59 Å². The molecule has 1 heterocycles. The lowest BCUT2D eigenvalue weighted by atomic mass is 9.92. The van der Waals surface area contributed by atoms with Crippen LogP contribution in [0.1, 0.15) is 67.7 Å². The molecule has 34 heavy (non-hydrogen) atoms. The number of hydrogen-bond acceptors (Lipinski definition) is 6. The zero-order valence-corrected chi connectivity index (χ0v) is 20.9. The maximum absolute atomic E-state index is 13.1. The van der Waals surface area contributed by atoms with E-state index in [2.05, 4.69) is 19.2 Å². The summed E-state index contributed by atoms with van der Waals surface area (Å²) in [4.78, 5) is 49.5. The van der Waals surface area contributed by atoms with E-state index in [1.807, 2.05) is 13.8 Å². The van der Waals surface area contributed by atoms with Gasteiger partial charge >= 0.3 is 18.1 Å². The molecule has 0 spiro atoms. The van der Waals surface area contributed by atoms with Crippen LogP contribution in [0.4, 0.5) is 13.2 Å². The fourth-order valence-corrected chi connectivity index (χ4v) is 3.11. The molecule has 1 saturated heterocycles. The van der Waals surface area contributed by atoms with Crippen molar-refractivity contribution in [3.63, 3.8) is 0 Å². The summed E-state index contributed by atoms with van der Waals surface area (Å²) < 4.78 is 37.3. The molecule has 9 nitrogen and oxygen atoms in total. The quantitative estimate of drug-likeness (QED) is 0.363. The predicted molar refractivity (Wildman–Crippen MR) is 118 cm³/mol. The topological polar surface area (TPSA) is 139 Å². The average Bonchev–Trinajstić information content (AvgIpc) is 3.11. The van der Waals surface area contributed by atoms with Gasteiger partial charge in [0.05, 0.1) is 6.04 Å². The van der Waals surface area contributed by atoms with Crippen LogP contribution in [0.15, 0.2) is 0 Å². The molecule has 0 aromatic carbocycles. The van der Waals surface area contributed by atoms with E-state index in [0.29, 0.717) is 25.4 Å². The van der Waals surface area contributed by atoms with E-state index in [1.54, 1.807) is 20.8 Å². The number of amides is 2. The second kappa shape index (κ2) is 12.4. The van der Waals surface area contributed by atoms with Crippen molar-refractivity contribution in [3.8, 4) is 0 Å². The van der Waals surface area contributed by atoms with Crippen molar-refractivity contribution in [1.82, 2.24) is 10.2 Å². The largest absolute Gasteiger partial charge is 0.490 e. The first-order valence-corrected chi connectivity index (χ1v) is 11.2.